The Morgan fingerprint density at radius 2 is 2.11 bits per heavy atom. The molecule has 0 amide bonds. The molecule has 1 rings (SSSR count). The fourth-order valence-corrected chi connectivity index (χ4v) is 1.47. The number of hydrogen-bond donors (Lipinski definition) is 2. The smallest absolute Gasteiger partial charge is 0.387 e. The van der Waals surface area contributed by atoms with Gasteiger partial charge >= 0.3 is 6.61 Å². The minimum absolute atomic E-state index is 0.174. The van der Waals surface area contributed by atoms with Gasteiger partial charge in [-0.2, -0.15) is 8.78 Å². The molecule has 0 heterocycles. The van der Waals surface area contributed by atoms with Crippen LogP contribution in [0.25, 0.3) is 0 Å². The molecule has 4 nitrogen and oxygen atoms in total. The van der Waals surface area contributed by atoms with Crippen LogP contribution in [-0.2, 0) is 0 Å². The summed E-state index contributed by atoms with van der Waals surface area (Å²) in [6.45, 7) is -1.79. The van der Waals surface area contributed by atoms with Crippen LogP contribution in [0.1, 0.15) is 0 Å². The van der Waals surface area contributed by atoms with Crippen LogP contribution >= 0.6 is 0 Å². The Balaban J connectivity index is 2.96. The Hall–Kier alpha value is -1.63. The van der Waals surface area contributed by atoms with Gasteiger partial charge in [-0.15, -0.1) is 0 Å². The number of hydrogen-bond acceptors (Lipinski definition) is 4. The van der Waals surface area contributed by atoms with Gasteiger partial charge in [0.2, 0.25) is 0 Å². The fourth-order valence-electron chi connectivity index (χ4n) is 1.47. The van der Waals surface area contributed by atoms with Crippen LogP contribution in [0.3, 0.4) is 0 Å². The van der Waals surface area contributed by atoms with Gasteiger partial charge in [0, 0.05) is 32.3 Å². The molecule has 18 heavy (non-hydrogen) atoms. The van der Waals surface area contributed by atoms with Gasteiger partial charge in [0.15, 0.2) is 11.6 Å². The van der Waals surface area contributed by atoms with Gasteiger partial charge in [0.05, 0.1) is 11.4 Å². The number of nitrogen functional groups attached to an aromatic ring is 1. The van der Waals surface area contributed by atoms with Gasteiger partial charge in [-0.25, -0.2) is 4.39 Å². The molecular weight excluding hydrogens is 247 g/mol. The van der Waals surface area contributed by atoms with Crippen molar-refractivity contribution in [1.82, 2.24) is 5.32 Å². The molecule has 0 aliphatic heterocycles. The molecular formula is C11H16F3N3O. The lowest BCUT2D eigenvalue weighted by Crippen LogP contribution is -2.27. The molecule has 0 aromatic heterocycles. The van der Waals surface area contributed by atoms with E-state index in [0.29, 0.717) is 18.8 Å². The maximum atomic E-state index is 13.3. The van der Waals surface area contributed by atoms with Crippen molar-refractivity contribution in [3.8, 4) is 5.75 Å². The molecule has 0 saturated carbocycles. The highest BCUT2D eigenvalue weighted by Crippen LogP contribution is 2.31. The van der Waals surface area contributed by atoms with E-state index in [1.807, 2.05) is 0 Å². The van der Waals surface area contributed by atoms with Crippen LogP contribution in [-0.4, -0.2) is 33.8 Å². The molecule has 0 atom stereocenters. The summed E-state index contributed by atoms with van der Waals surface area (Å²) in [6, 6.07) is 2.15. The molecule has 7 heteroatoms. The summed E-state index contributed by atoms with van der Waals surface area (Å²) in [5, 5.41) is 2.94. The van der Waals surface area contributed by atoms with Crippen molar-refractivity contribution in [3.05, 3.63) is 17.9 Å². The highest BCUT2D eigenvalue weighted by atomic mass is 19.3. The van der Waals surface area contributed by atoms with E-state index in [1.54, 1.807) is 19.0 Å². The van der Waals surface area contributed by atoms with Crippen molar-refractivity contribution < 1.29 is 17.9 Å². The zero-order valence-corrected chi connectivity index (χ0v) is 10.2. The van der Waals surface area contributed by atoms with Crippen molar-refractivity contribution in [3.63, 3.8) is 0 Å². The SMILES string of the molecule is CNCCN(C)c1cc(OC(F)F)c(F)cc1N. The standard InChI is InChI=1S/C11H16F3N3O/c1-16-3-4-17(2)9-6-10(18-11(13)14)7(12)5-8(9)15/h5-6,11,16H,3-4,15H2,1-2H3. The summed E-state index contributed by atoms with van der Waals surface area (Å²) in [7, 11) is 3.51. The van der Waals surface area contributed by atoms with E-state index in [0.717, 1.165) is 6.07 Å². The normalized spacial score (nSPS) is 10.8. The number of alkyl halides is 2. The molecule has 0 aliphatic carbocycles. The maximum Gasteiger partial charge on any atom is 0.387 e. The van der Waals surface area contributed by atoms with Crippen molar-refractivity contribution in [1.29, 1.82) is 0 Å². The topological polar surface area (TPSA) is 50.5 Å². The van der Waals surface area contributed by atoms with Gasteiger partial charge in [0.25, 0.3) is 0 Å². The van der Waals surface area contributed by atoms with Gasteiger partial charge in [0.1, 0.15) is 0 Å². The Morgan fingerprint density at radius 1 is 1.44 bits per heavy atom. The first-order chi connectivity index (χ1) is 8.45. The maximum absolute atomic E-state index is 13.3. The monoisotopic (exact) mass is 263 g/mol. The molecule has 102 valence electrons. The summed E-state index contributed by atoms with van der Waals surface area (Å²) < 4.78 is 41.6. The minimum atomic E-state index is -3.07. The van der Waals surface area contributed by atoms with Crippen LogP contribution in [0.5, 0.6) is 5.75 Å². The number of nitrogens with two attached hydrogens (primary N) is 1. The first-order valence-electron chi connectivity index (χ1n) is 5.35. The Labute approximate surface area is 104 Å². The number of benzene rings is 1. The van der Waals surface area contributed by atoms with E-state index in [2.05, 4.69) is 10.1 Å². The third-order valence-electron chi connectivity index (χ3n) is 2.41. The number of halogens is 3. The predicted octanol–water partition coefficient (Wildman–Crippen LogP) is 1.66. The highest BCUT2D eigenvalue weighted by molar-refractivity contribution is 5.69. The molecule has 0 saturated heterocycles. The lowest BCUT2D eigenvalue weighted by Gasteiger charge is -2.22. The predicted molar refractivity (Wildman–Crippen MR) is 64.6 cm³/mol. The lowest BCUT2D eigenvalue weighted by molar-refractivity contribution is -0.0521. The van der Waals surface area contributed by atoms with Crippen molar-refractivity contribution in [2.75, 3.05) is 37.8 Å². The molecule has 0 fully saturated rings. The number of nitrogens with zero attached hydrogens (tertiary/aromatic N) is 1. The Morgan fingerprint density at radius 3 is 2.67 bits per heavy atom. The number of ether oxygens (including phenoxy) is 1. The Kier molecular flexibility index (Phi) is 5.08. The van der Waals surface area contributed by atoms with E-state index >= 15 is 0 Å². The van der Waals surface area contributed by atoms with Crippen LogP contribution in [0.15, 0.2) is 12.1 Å². The second-order valence-corrected chi connectivity index (χ2v) is 3.75. The summed E-state index contributed by atoms with van der Waals surface area (Å²) in [4.78, 5) is 1.73. The number of nitrogens with one attached hydrogen (secondary N) is 1. The minimum Gasteiger partial charge on any atom is -0.432 e. The Bertz CT molecular complexity index is 401. The van der Waals surface area contributed by atoms with Gasteiger partial charge in [-0.3, -0.25) is 0 Å². The zero-order chi connectivity index (χ0) is 13.7. The highest BCUT2D eigenvalue weighted by Gasteiger charge is 2.15. The fraction of sp³-hybridized carbons (Fsp3) is 0.455. The third-order valence-corrected chi connectivity index (χ3v) is 2.41. The summed E-state index contributed by atoms with van der Waals surface area (Å²) >= 11 is 0. The largest absolute Gasteiger partial charge is 0.432 e. The van der Waals surface area contributed by atoms with Gasteiger partial charge < -0.3 is 20.7 Å². The summed E-state index contributed by atoms with van der Waals surface area (Å²) in [5.74, 6) is -1.41. The van der Waals surface area contributed by atoms with E-state index in [-0.39, 0.29) is 5.69 Å². The van der Waals surface area contributed by atoms with E-state index in [4.69, 9.17) is 5.73 Å². The average molecular weight is 263 g/mol. The second kappa shape index (κ2) is 6.34. The molecule has 3 N–H and O–H groups in total. The number of likely N-dealkylation sites (N-methyl/N-ethyl adjacent to an activating group) is 2. The first-order valence-corrected chi connectivity index (χ1v) is 5.35. The quantitative estimate of drug-likeness (QED) is 0.766. The molecule has 0 bridgehead atoms. The van der Waals surface area contributed by atoms with Crippen LogP contribution in [0.2, 0.25) is 0 Å². The summed E-state index contributed by atoms with van der Waals surface area (Å²) in [6.07, 6.45) is 0. The van der Waals surface area contributed by atoms with E-state index < -0.39 is 18.2 Å². The van der Waals surface area contributed by atoms with Gasteiger partial charge in [-0.05, 0) is 7.05 Å². The van der Waals surface area contributed by atoms with Crippen LogP contribution in [0, 0.1) is 5.82 Å². The van der Waals surface area contributed by atoms with Crippen molar-refractivity contribution in [2.45, 2.75) is 6.61 Å². The van der Waals surface area contributed by atoms with Crippen LogP contribution in [0.4, 0.5) is 24.5 Å². The number of anilines is 2. The third kappa shape index (κ3) is 3.69. The first kappa shape index (κ1) is 14.4. The van der Waals surface area contributed by atoms with E-state index in [1.165, 1.54) is 6.07 Å². The number of rotatable bonds is 6. The average Bonchev–Trinajstić information content (AvgIpc) is 2.29. The molecule has 1 aromatic rings. The molecule has 1 aromatic carbocycles. The van der Waals surface area contributed by atoms with Crippen molar-refractivity contribution in [2.24, 2.45) is 0 Å². The zero-order valence-electron chi connectivity index (χ0n) is 10.2. The van der Waals surface area contributed by atoms with E-state index in [9.17, 15) is 13.2 Å². The molecule has 0 spiro atoms. The lowest BCUT2D eigenvalue weighted by atomic mass is 10.2. The van der Waals surface area contributed by atoms with Crippen molar-refractivity contribution >= 4 is 11.4 Å². The molecule has 0 radical (unpaired) electrons. The molecule has 0 aliphatic rings. The second-order valence-electron chi connectivity index (χ2n) is 3.75. The summed E-state index contributed by atoms with van der Waals surface area (Å²) in [5.41, 5.74) is 6.27. The van der Waals surface area contributed by atoms with Crippen LogP contribution < -0.4 is 20.7 Å². The molecule has 0 unspecified atom stereocenters. The van der Waals surface area contributed by atoms with Gasteiger partial charge in [-0.1, -0.05) is 0 Å².